The maximum Gasteiger partial charge on any atom is 0.194 e. The Balaban J connectivity index is 2.75. The molecule has 2 aromatic heterocycles. The molecule has 0 spiro atoms. The smallest absolute Gasteiger partial charge is 0.194 e. The molecule has 2 rings (SSSR count). The van der Waals surface area contributed by atoms with Gasteiger partial charge < -0.3 is 0 Å². The second-order valence-corrected chi connectivity index (χ2v) is 4.57. The van der Waals surface area contributed by atoms with Crippen LogP contribution in [0.3, 0.4) is 0 Å². The molecule has 2 aromatic rings. The van der Waals surface area contributed by atoms with E-state index in [4.69, 9.17) is 0 Å². The third-order valence-electron chi connectivity index (χ3n) is 2.35. The largest absolute Gasteiger partial charge is 0.292 e. The van der Waals surface area contributed by atoms with E-state index in [-0.39, 0.29) is 0 Å². The Morgan fingerprint density at radius 2 is 2.08 bits per heavy atom. The molecule has 13 heavy (non-hydrogen) atoms. The Labute approximate surface area is 82.2 Å². The summed E-state index contributed by atoms with van der Waals surface area (Å²) in [4.78, 5) is 5.74. The van der Waals surface area contributed by atoms with E-state index in [1.54, 1.807) is 11.3 Å². The van der Waals surface area contributed by atoms with Crippen molar-refractivity contribution in [2.75, 3.05) is 0 Å². The standard InChI is InChI=1S/C10H14N2S/c1-6(2)9-8(4)12-7(3)5-13-10(12)11-9/h5-6H,1-4H3. The number of nitrogens with zero attached hydrogens (tertiary/aromatic N) is 2. The Hall–Kier alpha value is -0.830. The monoisotopic (exact) mass is 194 g/mol. The zero-order valence-electron chi connectivity index (χ0n) is 8.46. The van der Waals surface area contributed by atoms with Crippen LogP contribution in [0.2, 0.25) is 0 Å². The highest BCUT2D eigenvalue weighted by Crippen LogP contribution is 2.24. The van der Waals surface area contributed by atoms with Gasteiger partial charge in [-0.1, -0.05) is 13.8 Å². The van der Waals surface area contributed by atoms with Crippen molar-refractivity contribution in [1.29, 1.82) is 0 Å². The minimum Gasteiger partial charge on any atom is -0.292 e. The Kier molecular flexibility index (Phi) is 1.91. The average Bonchev–Trinajstić information content (AvgIpc) is 2.55. The van der Waals surface area contributed by atoms with Gasteiger partial charge in [0, 0.05) is 16.8 Å². The van der Waals surface area contributed by atoms with E-state index in [0.29, 0.717) is 5.92 Å². The lowest BCUT2D eigenvalue weighted by atomic mass is 10.1. The summed E-state index contributed by atoms with van der Waals surface area (Å²) in [6, 6.07) is 0. The number of fused-ring (bicyclic) bond motifs is 1. The molecule has 3 heteroatoms. The minimum absolute atomic E-state index is 0.520. The van der Waals surface area contributed by atoms with Crippen LogP contribution in [0.1, 0.15) is 36.8 Å². The van der Waals surface area contributed by atoms with Crippen molar-refractivity contribution in [3.63, 3.8) is 0 Å². The van der Waals surface area contributed by atoms with Crippen molar-refractivity contribution < 1.29 is 0 Å². The number of thiazole rings is 1. The summed E-state index contributed by atoms with van der Waals surface area (Å²) < 4.78 is 2.24. The van der Waals surface area contributed by atoms with E-state index in [0.717, 1.165) is 4.96 Å². The molecule has 70 valence electrons. The summed E-state index contributed by atoms with van der Waals surface area (Å²) in [5.74, 6) is 0.520. The molecule has 0 radical (unpaired) electrons. The molecule has 0 saturated heterocycles. The molecule has 2 heterocycles. The van der Waals surface area contributed by atoms with Crippen molar-refractivity contribution in [1.82, 2.24) is 9.38 Å². The Morgan fingerprint density at radius 1 is 1.38 bits per heavy atom. The number of hydrogen-bond donors (Lipinski definition) is 0. The van der Waals surface area contributed by atoms with E-state index in [9.17, 15) is 0 Å². The summed E-state index contributed by atoms with van der Waals surface area (Å²) in [5, 5.41) is 2.15. The van der Waals surface area contributed by atoms with E-state index in [1.807, 2.05) is 0 Å². The molecule has 0 aliphatic heterocycles. The van der Waals surface area contributed by atoms with Gasteiger partial charge >= 0.3 is 0 Å². The fraction of sp³-hybridized carbons (Fsp3) is 0.500. The van der Waals surface area contributed by atoms with Crippen molar-refractivity contribution >= 4 is 16.3 Å². The predicted octanol–water partition coefficient (Wildman–Crippen LogP) is 3.14. The summed E-state index contributed by atoms with van der Waals surface area (Å²) >= 11 is 1.72. The molecule has 0 N–H and O–H groups in total. The molecule has 0 fully saturated rings. The Morgan fingerprint density at radius 3 is 2.62 bits per heavy atom. The quantitative estimate of drug-likeness (QED) is 0.681. The van der Waals surface area contributed by atoms with Crippen LogP contribution in [0, 0.1) is 13.8 Å². The Bertz CT molecular complexity index is 437. The second kappa shape index (κ2) is 2.84. The summed E-state index contributed by atoms with van der Waals surface area (Å²) in [7, 11) is 0. The van der Waals surface area contributed by atoms with Crippen LogP contribution in [-0.4, -0.2) is 9.38 Å². The topological polar surface area (TPSA) is 17.3 Å². The lowest BCUT2D eigenvalue weighted by Gasteiger charge is -2.01. The molecule has 0 aliphatic rings. The highest BCUT2D eigenvalue weighted by molar-refractivity contribution is 7.15. The summed E-state index contributed by atoms with van der Waals surface area (Å²) in [6.45, 7) is 8.65. The zero-order chi connectivity index (χ0) is 9.59. The lowest BCUT2D eigenvalue weighted by Crippen LogP contribution is -1.93. The highest BCUT2D eigenvalue weighted by atomic mass is 32.1. The fourth-order valence-corrected chi connectivity index (χ4v) is 2.64. The first-order valence-corrected chi connectivity index (χ1v) is 5.42. The number of imidazole rings is 1. The maximum atomic E-state index is 4.61. The predicted molar refractivity (Wildman–Crippen MR) is 56.6 cm³/mol. The molecule has 0 bridgehead atoms. The molecule has 0 amide bonds. The van der Waals surface area contributed by atoms with Gasteiger partial charge in [0.05, 0.1) is 5.69 Å². The summed E-state index contributed by atoms with van der Waals surface area (Å²) in [6.07, 6.45) is 0. The zero-order valence-corrected chi connectivity index (χ0v) is 9.27. The number of rotatable bonds is 1. The average molecular weight is 194 g/mol. The SMILES string of the molecule is Cc1csc2nc(C(C)C)c(C)n12. The molecule has 0 unspecified atom stereocenters. The first kappa shape index (κ1) is 8.75. The van der Waals surface area contributed by atoms with Gasteiger partial charge in [-0.3, -0.25) is 4.40 Å². The van der Waals surface area contributed by atoms with Gasteiger partial charge in [-0.2, -0.15) is 0 Å². The van der Waals surface area contributed by atoms with Crippen molar-refractivity contribution in [2.45, 2.75) is 33.6 Å². The number of aryl methyl sites for hydroxylation is 2. The van der Waals surface area contributed by atoms with E-state index in [1.165, 1.54) is 17.1 Å². The maximum absolute atomic E-state index is 4.61. The fourth-order valence-electron chi connectivity index (χ4n) is 1.72. The van der Waals surface area contributed by atoms with Crippen LogP contribution < -0.4 is 0 Å². The second-order valence-electron chi connectivity index (χ2n) is 3.73. The van der Waals surface area contributed by atoms with Gasteiger partial charge in [0.1, 0.15) is 0 Å². The first-order valence-electron chi connectivity index (χ1n) is 4.54. The van der Waals surface area contributed by atoms with Gasteiger partial charge in [0.25, 0.3) is 0 Å². The molecular weight excluding hydrogens is 180 g/mol. The first-order chi connectivity index (χ1) is 6.11. The van der Waals surface area contributed by atoms with Crippen LogP contribution in [0.25, 0.3) is 4.96 Å². The number of aromatic nitrogens is 2. The van der Waals surface area contributed by atoms with Crippen molar-refractivity contribution in [2.24, 2.45) is 0 Å². The van der Waals surface area contributed by atoms with Crippen LogP contribution >= 0.6 is 11.3 Å². The van der Waals surface area contributed by atoms with Gasteiger partial charge in [-0.15, -0.1) is 11.3 Å². The van der Waals surface area contributed by atoms with Crippen molar-refractivity contribution in [3.05, 3.63) is 22.5 Å². The van der Waals surface area contributed by atoms with E-state index >= 15 is 0 Å². The molecular formula is C10H14N2S. The molecule has 0 saturated carbocycles. The van der Waals surface area contributed by atoms with Gasteiger partial charge in [0.2, 0.25) is 0 Å². The van der Waals surface area contributed by atoms with Crippen LogP contribution in [0.4, 0.5) is 0 Å². The molecule has 0 aliphatic carbocycles. The van der Waals surface area contributed by atoms with Crippen LogP contribution in [0.5, 0.6) is 0 Å². The third-order valence-corrected chi connectivity index (χ3v) is 3.29. The van der Waals surface area contributed by atoms with E-state index in [2.05, 4.69) is 42.5 Å². The van der Waals surface area contributed by atoms with Crippen LogP contribution in [-0.2, 0) is 0 Å². The number of hydrogen-bond acceptors (Lipinski definition) is 2. The van der Waals surface area contributed by atoms with Crippen LogP contribution in [0.15, 0.2) is 5.38 Å². The van der Waals surface area contributed by atoms with E-state index < -0.39 is 0 Å². The van der Waals surface area contributed by atoms with Crippen molar-refractivity contribution in [3.8, 4) is 0 Å². The molecule has 2 nitrogen and oxygen atoms in total. The molecule has 0 aromatic carbocycles. The highest BCUT2D eigenvalue weighted by Gasteiger charge is 2.13. The minimum atomic E-state index is 0.520. The van der Waals surface area contributed by atoms with Gasteiger partial charge in [0.15, 0.2) is 4.96 Å². The third kappa shape index (κ3) is 1.18. The lowest BCUT2D eigenvalue weighted by molar-refractivity contribution is 0.819. The van der Waals surface area contributed by atoms with Gasteiger partial charge in [-0.25, -0.2) is 4.98 Å². The normalized spacial score (nSPS) is 11.8. The summed E-state index contributed by atoms with van der Waals surface area (Å²) in [5.41, 5.74) is 3.82. The van der Waals surface area contributed by atoms with Gasteiger partial charge in [-0.05, 0) is 19.8 Å². The molecule has 0 atom stereocenters.